The van der Waals surface area contributed by atoms with Crippen molar-refractivity contribution in [3.8, 4) is 11.5 Å². The van der Waals surface area contributed by atoms with Crippen LogP contribution in [0.25, 0.3) is 0 Å². The minimum Gasteiger partial charge on any atom is -0.497 e. The van der Waals surface area contributed by atoms with Crippen molar-refractivity contribution in [2.24, 2.45) is 0 Å². The molecular weight excluding hydrogens is 350 g/mol. The lowest BCUT2D eigenvalue weighted by molar-refractivity contribution is -0.129. The third-order valence-corrected chi connectivity index (χ3v) is 4.69. The molecule has 0 N–H and O–H groups in total. The van der Waals surface area contributed by atoms with Gasteiger partial charge in [-0.05, 0) is 30.7 Å². The number of oxazole rings is 1. The van der Waals surface area contributed by atoms with Crippen molar-refractivity contribution >= 4 is 11.8 Å². The topological polar surface area (TPSA) is 85.1 Å². The Labute approximate surface area is 157 Å². The number of hydrogen-bond acceptors (Lipinski definition) is 6. The first-order valence-corrected chi connectivity index (χ1v) is 8.72. The Balaban J connectivity index is 1.55. The summed E-state index contributed by atoms with van der Waals surface area (Å²) in [7, 11) is 3.35. The summed E-state index contributed by atoms with van der Waals surface area (Å²) in [5.74, 6) is 1.51. The van der Waals surface area contributed by atoms with Crippen LogP contribution in [0, 0.1) is 0 Å². The summed E-state index contributed by atoms with van der Waals surface area (Å²) in [6, 6.07) is 7.19. The van der Waals surface area contributed by atoms with Crippen LogP contribution in [0.2, 0.25) is 0 Å². The second-order valence-corrected chi connectivity index (χ2v) is 6.41. The van der Waals surface area contributed by atoms with Crippen molar-refractivity contribution in [2.75, 3.05) is 27.2 Å². The average Bonchev–Trinajstić information content (AvgIpc) is 3.35. The average molecular weight is 373 g/mol. The number of likely N-dealkylation sites (tertiary alicyclic amines) is 1. The first-order chi connectivity index (χ1) is 13.0. The number of ether oxygens (including phenoxy) is 2. The normalized spacial score (nSPS) is 16.3. The lowest BCUT2D eigenvalue weighted by Gasteiger charge is -2.23. The van der Waals surface area contributed by atoms with E-state index in [9.17, 15) is 9.59 Å². The van der Waals surface area contributed by atoms with E-state index in [0.717, 1.165) is 12.2 Å². The maximum atomic E-state index is 12.6. The number of likely N-dealkylation sites (N-methyl/N-ethyl adjacent to an activating group) is 1. The maximum Gasteiger partial charge on any atom is 0.275 e. The monoisotopic (exact) mass is 373 g/mol. The van der Waals surface area contributed by atoms with Crippen LogP contribution in [-0.2, 0) is 11.4 Å². The number of carbonyl (C=O) groups is 2. The third-order valence-electron chi connectivity index (χ3n) is 4.69. The molecular formula is C19H23N3O5. The molecule has 1 unspecified atom stereocenters. The van der Waals surface area contributed by atoms with Crippen LogP contribution in [0.15, 0.2) is 34.9 Å². The van der Waals surface area contributed by atoms with Crippen LogP contribution in [0.1, 0.15) is 29.7 Å². The Hall–Kier alpha value is -3.03. The molecule has 144 valence electrons. The number of nitrogens with zero attached hydrogens (tertiary/aromatic N) is 3. The molecule has 0 bridgehead atoms. The minimum atomic E-state index is -0.200. The Morgan fingerprint density at radius 1 is 1.30 bits per heavy atom. The number of rotatable bonds is 6. The molecule has 8 nitrogen and oxygen atoms in total. The fourth-order valence-electron chi connectivity index (χ4n) is 2.95. The first kappa shape index (κ1) is 18.8. The predicted octanol–water partition coefficient (Wildman–Crippen LogP) is 1.95. The molecule has 27 heavy (non-hydrogen) atoms. The number of carbonyl (C=O) groups excluding carboxylic acids is 2. The smallest absolute Gasteiger partial charge is 0.275 e. The number of aromatic nitrogens is 1. The van der Waals surface area contributed by atoms with Gasteiger partial charge in [-0.15, -0.1) is 0 Å². The van der Waals surface area contributed by atoms with Crippen LogP contribution >= 0.6 is 0 Å². The van der Waals surface area contributed by atoms with Gasteiger partial charge in [-0.25, -0.2) is 4.98 Å². The van der Waals surface area contributed by atoms with E-state index in [2.05, 4.69) is 4.98 Å². The minimum absolute atomic E-state index is 0.00583. The molecule has 1 aliphatic rings. The van der Waals surface area contributed by atoms with Crippen molar-refractivity contribution in [3.63, 3.8) is 0 Å². The van der Waals surface area contributed by atoms with Gasteiger partial charge >= 0.3 is 0 Å². The van der Waals surface area contributed by atoms with E-state index in [1.807, 2.05) is 0 Å². The van der Waals surface area contributed by atoms with Crippen LogP contribution in [-0.4, -0.2) is 59.9 Å². The van der Waals surface area contributed by atoms with Crippen LogP contribution in [0.3, 0.4) is 0 Å². The second kappa shape index (κ2) is 8.11. The van der Waals surface area contributed by atoms with E-state index in [4.69, 9.17) is 13.9 Å². The zero-order valence-corrected chi connectivity index (χ0v) is 15.7. The molecule has 2 aromatic rings. The van der Waals surface area contributed by atoms with E-state index in [1.165, 1.54) is 13.2 Å². The molecule has 0 radical (unpaired) electrons. The zero-order valence-electron chi connectivity index (χ0n) is 15.7. The summed E-state index contributed by atoms with van der Waals surface area (Å²) in [5, 5.41) is 0. The highest BCUT2D eigenvalue weighted by Gasteiger charge is 2.31. The maximum absolute atomic E-state index is 12.6. The van der Waals surface area contributed by atoms with Gasteiger partial charge in [-0.1, -0.05) is 0 Å². The van der Waals surface area contributed by atoms with E-state index < -0.39 is 0 Å². The summed E-state index contributed by atoms with van der Waals surface area (Å²) in [6.45, 7) is 2.73. The summed E-state index contributed by atoms with van der Waals surface area (Å²) in [5.41, 5.74) is 0.245. The fraction of sp³-hybridized carbons (Fsp3) is 0.421. The molecule has 1 saturated heterocycles. The lowest BCUT2D eigenvalue weighted by Crippen LogP contribution is -2.39. The molecule has 2 heterocycles. The van der Waals surface area contributed by atoms with E-state index in [-0.39, 0.29) is 30.2 Å². The number of hydrogen-bond donors (Lipinski definition) is 0. The molecule has 1 aliphatic heterocycles. The SMILES string of the molecule is COc1ccc(OCc2nc(C(=O)N3CCC(N(C)C(C)=O)C3)co2)cc1. The molecule has 1 fully saturated rings. The van der Waals surface area contributed by atoms with Gasteiger partial charge in [0, 0.05) is 27.1 Å². The molecule has 8 heteroatoms. The Kier molecular flexibility index (Phi) is 5.63. The van der Waals surface area contributed by atoms with Crippen molar-refractivity contribution in [1.29, 1.82) is 0 Å². The summed E-state index contributed by atoms with van der Waals surface area (Å²) in [6.07, 6.45) is 2.10. The van der Waals surface area contributed by atoms with Crippen molar-refractivity contribution in [3.05, 3.63) is 42.1 Å². The van der Waals surface area contributed by atoms with Crippen LogP contribution < -0.4 is 9.47 Å². The fourth-order valence-corrected chi connectivity index (χ4v) is 2.95. The number of amides is 2. The predicted molar refractivity (Wildman–Crippen MR) is 96.6 cm³/mol. The number of benzene rings is 1. The molecule has 3 rings (SSSR count). The van der Waals surface area contributed by atoms with Crippen molar-refractivity contribution in [2.45, 2.75) is 26.0 Å². The summed E-state index contributed by atoms with van der Waals surface area (Å²) < 4.78 is 16.1. The second-order valence-electron chi connectivity index (χ2n) is 6.41. The highest BCUT2D eigenvalue weighted by molar-refractivity contribution is 5.92. The van der Waals surface area contributed by atoms with Crippen LogP contribution in [0.5, 0.6) is 11.5 Å². The molecule has 0 saturated carbocycles. The summed E-state index contributed by atoms with van der Waals surface area (Å²) >= 11 is 0. The summed E-state index contributed by atoms with van der Waals surface area (Å²) in [4.78, 5) is 31.6. The van der Waals surface area contributed by atoms with Gasteiger partial charge in [0.05, 0.1) is 13.2 Å². The standard InChI is InChI=1S/C19H23N3O5/c1-13(23)21(2)14-8-9-22(10-14)19(24)17-11-27-18(20-17)12-26-16-6-4-15(25-3)5-7-16/h4-7,11,14H,8-10,12H2,1-3H3. The Bertz CT molecular complexity index is 802. The first-order valence-electron chi connectivity index (χ1n) is 8.72. The molecule has 2 amide bonds. The quantitative estimate of drug-likeness (QED) is 0.769. The van der Waals surface area contributed by atoms with E-state index in [0.29, 0.717) is 24.7 Å². The van der Waals surface area contributed by atoms with Gasteiger partial charge in [0.15, 0.2) is 12.3 Å². The Morgan fingerprint density at radius 3 is 2.67 bits per heavy atom. The van der Waals surface area contributed by atoms with E-state index in [1.54, 1.807) is 48.2 Å². The highest BCUT2D eigenvalue weighted by atomic mass is 16.5. The molecule has 0 aliphatic carbocycles. The third kappa shape index (κ3) is 4.39. The zero-order chi connectivity index (χ0) is 19.4. The molecule has 1 aromatic heterocycles. The van der Waals surface area contributed by atoms with E-state index >= 15 is 0 Å². The highest BCUT2D eigenvalue weighted by Crippen LogP contribution is 2.20. The van der Waals surface area contributed by atoms with Gasteiger partial charge in [-0.3, -0.25) is 9.59 Å². The lowest BCUT2D eigenvalue weighted by atomic mass is 10.2. The van der Waals surface area contributed by atoms with Gasteiger partial charge in [0.1, 0.15) is 17.8 Å². The van der Waals surface area contributed by atoms with Gasteiger partial charge in [0.25, 0.3) is 5.91 Å². The molecule has 1 atom stereocenters. The molecule has 0 spiro atoms. The largest absolute Gasteiger partial charge is 0.497 e. The van der Waals surface area contributed by atoms with Gasteiger partial charge < -0.3 is 23.7 Å². The van der Waals surface area contributed by atoms with Gasteiger partial charge in [-0.2, -0.15) is 0 Å². The van der Waals surface area contributed by atoms with Gasteiger partial charge in [0.2, 0.25) is 11.8 Å². The Morgan fingerprint density at radius 2 is 2.00 bits per heavy atom. The molecule has 1 aromatic carbocycles. The van der Waals surface area contributed by atoms with Crippen molar-refractivity contribution < 1.29 is 23.5 Å². The van der Waals surface area contributed by atoms with Crippen LogP contribution in [0.4, 0.5) is 0 Å². The number of methoxy groups -OCH3 is 1. The van der Waals surface area contributed by atoms with Crippen molar-refractivity contribution in [1.82, 2.24) is 14.8 Å².